The molecular weight excluding hydrogens is 436 g/mol. The topological polar surface area (TPSA) is 71.1 Å². The highest BCUT2D eigenvalue weighted by molar-refractivity contribution is 6.07. The molecule has 6 nitrogen and oxygen atoms in total. The van der Waals surface area contributed by atoms with Gasteiger partial charge in [0.15, 0.2) is 0 Å². The number of aromatic nitrogens is 3. The molecule has 2 aromatic heterocycles. The molecule has 0 saturated carbocycles. The third-order valence-electron chi connectivity index (χ3n) is 6.84. The van der Waals surface area contributed by atoms with E-state index in [9.17, 15) is 4.79 Å². The Bertz CT molecular complexity index is 1490. The number of hydrogen-bond donors (Lipinski definition) is 1. The fraction of sp³-hybridized carbons (Fsp3) is 0.207. The van der Waals surface area contributed by atoms with Crippen molar-refractivity contribution in [3.8, 4) is 17.0 Å². The summed E-state index contributed by atoms with van der Waals surface area (Å²) in [6, 6.07) is 25.6. The second kappa shape index (κ2) is 8.87. The van der Waals surface area contributed by atoms with Crippen molar-refractivity contribution >= 4 is 27.8 Å². The number of H-pyrrole nitrogens is 1. The highest BCUT2D eigenvalue weighted by Crippen LogP contribution is 2.31. The van der Waals surface area contributed by atoms with E-state index in [1.807, 2.05) is 83.8 Å². The number of methoxy groups -OCH3 is 1. The molecule has 1 amide bonds. The molecule has 6 rings (SSSR count). The van der Waals surface area contributed by atoms with Crippen LogP contribution in [0.2, 0.25) is 0 Å². The minimum absolute atomic E-state index is 0.0409. The monoisotopic (exact) mass is 462 g/mol. The van der Waals surface area contributed by atoms with E-state index in [0.717, 1.165) is 64.2 Å². The third kappa shape index (κ3) is 4.01. The van der Waals surface area contributed by atoms with Crippen LogP contribution in [0.15, 0.2) is 78.9 Å². The van der Waals surface area contributed by atoms with Crippen LogP contribution in [0.25, 0.3) is 33.2 Å². The normalized spacial score (nSPS) is 16.0. The molecule has 3 aromatic carbocycles. The quantitative estimate of drug-likeness (QED) is 0.366. The minimum atomic E-state index is 0.0409. The van der Waals surface area contributed by atoms with Crippen LogP contribution in [0.1, 0.15) is 34.9 Å². The number of nitrogens with zero attached hydrogens (tertiary/aromatic N) is 3. The van der Waals surface area contributed by atoms with Crippen molar-refractivity contribution in [3.05, 3.63) is 90.3 Å². The van der Waals surface area contributed by atoms with Gasteiger partial charge in [-0.15, -0.1) is 0 Å². The number of hydrogen-bond acceptors (Lipinski definition) is 4. The summed E-state index contributed by atoms with van der Waals surface area (Å²) in [5.41, 5.74) is 5.23. The van der Waals surface area contributed by atoms with Gasteiger partial charge in [-0.1, -0.05) is 30.3 Å². The lowest BCUT2D eigenvalue weighted by molar-refractivity contribution is 0.0707. The molecule has 0 aliphatic carbocycles. The fourth-order valence-electron chi connectivity index (χ4n) is 4.98. The Morgan fingerprint density at radius 1 is 0.971 bits per heavy atom. The fourth-order valence-corrected chi connectivity index (χ4v) is 4.98. The Morgan fingerprint density at radius 2 is 1.74 bits per heavy atom. The van der Waals surface area contributed by atoms with E-state index in [1.54, 1.807) is 7.11 Å². The first-order valence-corrected chi connectivity index (χ1v) is 12.0. The van der Waals surface area contributed by atoms with E-state index in [4.69, 9.17) is 14.7 Å². The molecule has 6 heteroatoms. The molecule has 1 N–H and O–H groups in total. The molecule has 174 valence electrons. The van der Waals surface area contributed by atoms with Gasteiger partial charge >= 0.3 is 0 Å². The molecule has 35 heavy (non-hydrogen) atoms. The number of rotatable bonds is 4. The van der Waals surface area contributed by atoms with Gasteiger partial charge in [-0.3, -0.25) is 4.79 Å². The zero-order chi connectivity index (χ0) is 23.8. The van der Waals surface area contributed by atoms with Crippen LogP contribution >= 0.6 is 0 Å². The summed E-state index contributed by atoms with van der Waals surface area (Å²) in [6.07, 6.45) is 1.96. The number of aromatic amines is 1. The number of pyridine rings is 1. The Morgan fingerprint density at radius 3 is 2.54 bits per heavy atom. The highest BCUT2D eigenvalue weighted by atomic mass is 16.5. The molecule has 0 bridgehead atoms. The van der Waals surface area contributed by atoms with Gasteiger partial charge < -0.3 is 14.6 Å². The van der Waals surface area contributed by atoms with E-state index in [0.29, 0.717) is 12.1 Å². The standard InChI is InChI=1S/C29H26N4O2/c1-35-21-14-12-19(13-15-21)27-17-23(22-8-2-3-9-24(22)30-27)29(34)33-16-6-7-20(18-33)28-31-25-10-4-5-11-26(25)32-28/h2-5,8-15,17,20H,6-7,16,18H2,1H3,(H,31,32). The molecule has 1 saturated heterocycles. The lowest BCUT2D eigenvalue weighted by Crippen LogP contribution is -2.39. The molecule has 1 unspecified atom stereocenters. The minimum Gasteiger partial charge on any atom is -0.497 e. The average Bonchev–Trinajstić information content (AvgIpc) is 3.37. The van der Waals surface area contributed by atoms with E-state index < -0.39 is 0 Å². The highest BCUT2D eigenvalue weighted by Gasteiger charge is 2.28. The predicted octanol–water partition coefficient (Wildman–Crippen LogP) is 5.81. The van der Waals surface area contributed by atoms with Gasteiger partial charge in [-0.25, -0.2) is 9.97 Å². The molecule has 1 aliphatic rings. The first-order chi connectivity index (χ1) is 17.2. The third-order valence-corrected chi connectivity index (χ3v) is 6.84. The number of piperidine rings is 1. The van der Waals surface area contributed by atoms with Gasteiger partial charge in [0.25, 0.3) is 5.91 Å². The summed E-state index contributed by atoms with van der Waals surface area (Å²) in [7, 11) is 1.65. The Hall–Kier alpha value is -4.19. The number of fused-ring (bicyclic) bond motifs is 2. The van der Waals surface area contributed by atoms with E-state index in [-0.39, 0.29) is 11.8 Å². The predicted molar refractivity (Wildman–Crippen MR) is 138 cm³/mol. The summed E-state index contributed by atoms with van der Waals surface area (Å²) in [5.74, 6) is 1.98. The number of para-hydroxylation sites is 3. The van der Waals surface area contributed by atoms with Crippen molar-refractivity contribution in [3.63, 3.8) is 0 Å². The Kier molecular flexibility index (Phi) is 5.41. The number of carbonyl (C=O) groups is 1. The molecule has 3 heterocycles. The summed E-state index contributed by atoms with van der Waals surface area (Å²) in [4.78, 5) is 29.0. The molecule has 0 radical (unpaired) electrons. The molecule has 1 fully saturated rings. The first-order valence-electron chi connectivity index (χ1n) is 12.0. The maximum Gasteiger partial charge on any atom is 0.254 e. The summed E-state index contributed by atoms with van der Waals surface area (Å²) < 4.78 is 5.29. The molecule has 1 aliphatic heterocycles. The number of benzene rings is 3. The molecular formula is C29H26N4O2. The Labute approximate surface area is 203 Å². The average molecular weight is 463 g/mol. The van der Waals surface area contributed by atoms with Gasteiger partial charge in [0.05, 0.1) is 34.9 Å². The lowest BCUT2D eigenvalue weighted by atomic mass is 9.96. The van der Waals surface area contributed by atoms with Gasteiger partial charge in [0.1, 0.15) is 11.6 Å². The van der Waals surface area contributed by atoms with Crippen molar-refractivity contribution in [1.82, 2.24) is 19.9 Å². The summed E-state index contributed by atoms with van der Waals surface area (Å²) >= 11 is 0. The number of ether oxygens (including phenoxy) is 1. The van der Waals surface area contributed by atoms with Crippen LogP contribution in [0.3, 0.4) is 0 Å². The zero-order valence-corrected chi connectivity index (χ0v) is 19.6. The lowest BCUT2D eigenvalue weighted by Gasteiger charge is -2.32. The van der Waals surface area contributed by atoms with Crippen molar-refractivity contribution in [1.29, 1.82) is 0 Å². The number of likely N-dealkylation sites (tertiary alicyclic amines) is 1. The van der Waals surface area contributed by atoms with E-state index in [1.165, 1.54) is 0 Å². The largest absolute Gasteiger partial charge is 0.497 e. The summed E-state index contributed by atoms with van der Waals surface area (Å²) in [5, 5.41) is 0.876. The van der Waals surface area contributed by atoms with Gasteiger partial charge in [-0.05, 0) is 61.4 Å². The molecule has 5 aromatic rings. The van der Waals surface area contributed by atoms with E-state index >= 15 is 0 Å². The van der Waals surface area contributed by atoms with Crippen LogP contribution in [0.5, 0.6) is 5.75 Å². The maximum atomic E-state index is 13.9. The maximum absolute atomic E-state index is 13.9. The Balaban J connectivity index is 1.34. The summed E-state index contributed by atoms with van der Waals surface area (Å²) in [6.45, 7) is 1.39. The van der Waals surface area contributed by atoms with Crippen LogP contribution in [-0.4, -0.2) is 46.0 Å². The molecule has 0 spiro atoms. The van der Waals surface area contributed by atoms with Crippen molar-refractivity contribution in [2.75, 3.05) is 20.2 Å². The van der Waals surface area contributed by atoms with E-state index in [2.05, 4.69) is 4.98 Å². The number of carbonyl (C=O) groups excluding carboxylic acids is 1. The van der Waals surface area contributed by atoms with Gasteiger partial charge in [0.2, 0.25) is 0 Å². The SMILES string of the molecule is COc1ccc(-c2cc(C(=O)N3CCCC(c4nc5ccccc5[nH]4)C3)c3ccccc3n2)cc1. The number of nitrogens with one attached hydrogen (secondary N) is 1. The van der Waals surface area contributed by atoms with Crippen LogP contribution in [0, 0.1) is 0 Å². The first kappa shape index (κ1) is 21.4. The van der Waals surface area contributed by atoms with Crippen LogP contribution < -0.4 is 4.74 Å². The zero-order valence-electron chi connectivity index (χ0n) is 19.6. The second-order valence-electron chi connectivity index (χ2n) is 9.03. The van der Waals surface area contributed by atoms with Gasteiger partial charge in [-0.2, -0.15) is 0 Å². The number of amides is 1. The number of imidazole rings is 1. The van der Waals surface area contributed by atoms with Crippen molar-refractivity contribution in [2.24, 2.45) is 0 Å². The van der Waals surface area contributed by atoms with Crippen molar-refractivity contribution < 1.29 is 9.53 Å². The smallest absolute Gasteiger partial charge is 0.254 e. The van der Waals surface area contributed by atoms with Crippen LogP contribution in [0.4, 0.5) is 0 Å². The van der Waals surface area contributed by atoms with Gasteiger partial charge in [0, 0.05) is 30.0 Å². The second-order valence-corrected chi connectivity index (χ2v) is 9.03. The van der Waals surface area contributed by atoms with Crippen molar-refractivity contribution in [2.45, 2.75) is 18.8 Å². The molecule has 1 atom stereocenters. The van der Waals surface area contributed by atoms with Crippen LogP contribution in [-0.2, 0) is 0 Å².